The number of carbonyl (C=O) groups excluding carboxylic acids is 1. The first kappa shape index (κ1) is 21.8. The summed E-state index contributed by atoms with van der Waals surface area (Å²) in [6, 6.07) is 14.8. The van der Waals surface area contributed by atoms with Crippen molar-refractivity contribution in [2.75, 3.05) is 33.9 Å². The third-order valence-electron chi connectivity index (χ3n) is 4.03. The Hall–Kier alpha value is -3.48. The van der Waals surface area contributed by atoms with Gasteiger partial charge in [-0.05, 0) is 24.3 Å². The molecule has 2 aromatic carbocycles. The number of nitrogens with zero attached hydrogens (tertiary/aromatic N) is 1. The van der Waals surface area contributed by atoms with Gasteiger partial charge in [-0.1, -0.05) is 36.9 Å². The predicted molar refractivity (Wildman–Crippen MR) is 116 cm³/mol. The van der Waals surface area contributed by atoms with E-state index in [9.17, 15) is 4.79 Å². The Morgan fingerprint density at radius 3 is 2.66 bits per heavy atom. The molecule has 0 atom stereocenters. The second kappa shape index (κ2) is 12.1. The number of guanidine groups is 1. The van der Waals surface area contributed by atoms with Crippen LogP contribution in [0.1, 0.15) is 15.9 Å². The third kappa shape index (κ3) is 7.21. The van der Waals surface area contributed by atoms with Crippen molar-refractivity contribution in [2.45, 2.75) is 6.54 Å². The van der Waals surface area contributed by atoms with E-state index in [0.29, 0.717) is 43.5 Å². The van der Waals surface area contributed by atoms with Crippen molar-refractivity contribution in [3.63, 3.8) is 0 Å². The summed E-state index contributed by atoms with van der Waals surface area (Å²) in [5.74, 6) is 1.94. The topological polar surface area (TPSA) is 84.0 Å². The quantitative estimate of drug-likeness (QED) is 0.249. The zero-order valence-electron chi connectivity index (χ0n) is 16.9. The molecule has 0 fully saturated rings. The van der Waals surface area contributed by atoms with E-state index in [1.807, 2.05) is 24.3 Å². The lowest BCUT2D eigenvalue weighted by Gasteiger charge is -2.14. The van der Waals surface area contributed by atoms with Gasteiger partial charge in [0.2, 0.25) is 0 Å². The molecular weight excluding hydrogens is 368 g/mol. The maximum Gasteiger partial charge on any atom is 0.251 e. The van der Waals surface area contributed by atoms with Crippen LogP contribution in [0.5, 0.6) is 11.5 Å². The Labute approximate surface area is 171 Å². The number of nitrogens with one attached hydrogen (secondary N) is 3. The summed E-state index contributed by atoms with van der Waals surface area (Å²) < 4.78 is 10.8. The molecule has 1 amide bonds. The lowest BCUT2D eigenvalue weighted by molar-refractivity contribution is 0.0954. The molecule has 0 aliphatic carbocycles. The number of carbonyl (C=O) groups is 1. The molecule has 0 saturated heterocycles. The average Bonchev–Trinajstić information content (AvgIpc) is 2.77. The number of hydrogen-bond acceptors (Lipinski definition) is 4. The first-order valence-corrected chi connectivity index (χ1v) is 9.36. The number of rotatable bonds is 10. The Balaban J connectivity index is 1.77. The average molecular weight is 396 g/mol. The minimum atomic E-state index is -0.151. The Morgan fingerprint density at radius 2 is 1.90 bits per heavy atom. The summed E-state index contributed by atoms with van der Waals surface area (Å²) in [5.41, 5.74) is 1.58. The van der Waals surface area contributed by atoms with E-state index in [-0.39, 0.29) is 5.91 Å². The van der Waals surface area contributed by atoms with Gasteiger partial charge in [-0.15, -0.1) is 0 Å². The van der Waals surface area contributed by atoms with E-state index in [1.54, 1.807) is 44.5 Å². The highest BCUT2D eigenvalue weighted by Gasteiger charge is 2.07. The van der Waals surface area contributed by atoms with Crippen LogP contribution < -0.4 is 25.4 Å². The molecule has 0 spiro atoms. The largest absolute Gasteiger partial charge is 0.497 e. The molecule has 2 aromatic rings. The van der Waals surface area contributed by atoms with Crippen molar-refractivity contribution in [3.8, 4) is 11.5 Å². The molecule has 154 valence electrons. The molecule has 2 rings (SSSR count). The molecule has 29 heavy (non-hydrogen) atoms. The molecular formula is C22H28N4O3. The summed E-state index contributed by atoms with van der Waals surface area (Å²) in [5, 5.41) is 9.28. The SMILES string of the molecule is C=CCOc1ccccc1CNC(=NC)NCCNC(=O)c1cccc(OC)c1. The molecule has 7 nitrogen and oxygen atoms in total. The summed E-state index contributed by atoms with van der Waals surface area (Å²) in [7, 11) is 3.27. The molecule has 0 aromatic heterocycles. The van der Waals surface area contributed by atoms with Crippen molar-refractivity contribution in [3.05, 3.63) is 72.3 Å². The first-order chi connectivity index (χ1) is 14.2. The number of aliphatic imine (C=N–C) groups is 1. The molecule has 0 bridgehead atoms. The third-order valence-corrected chi connectivity index (χ3v) is 4.03. The van der Waals surface area contributed by atoms with Crippen LogP contribution in [-0.2, 0) is 6.54 Å². The van der Waals surface area contributed by atoms with E-state index in [4.69, 9.17) is 9.47 Å². The fourth-order valence-corrected chi connectivity index (χ4v) is 2.56. The molecule has 0 aliphatic rings. The normalized spacial score (nSPS) is 10.8. The summed E-state index contributed by atoms with van der Waals surface area (Å²) in [6.07, 6.45) is 1.71. The number of hydrogen-bond donors (Lipinski definition) is 3. The van der Waals surface area contributed by atoms with Crippen molar-refractivity contribution >= 4 is 11.9 Å². The molecule has 0 saturated carbocycles. The van der Waals surface area contributed by atoms with Gasteiger partial charge in [0.25, 0.3) is 5.91 Å². The van der Waals surface area contributed by atoms with Crippen molar-refractivity contribution in [1.29, 1.82) is 0 Å². The standard InChI is InChI=1S/C22H28N4O3/c1-4-14-29-20-11-6-5-8-18(20)16-26-22(23-2)25-13-12-24-21(27)17-9-7-10-19(15-17)28-3/h4-11,15H,1,12-14,16H2,2-3H3,(H,24,27)(H2,23,25,26). The molecule has 0 heterocycles. The Kier molecular flexibility index (Phi) is 9.08. The minimum absolute atomic E-state index is 0.151. The van der Waals surface area contributed by atoms with Crippen molar-refractivity contribution in [2.24, 2.45) is 4.99 Å². The van der Waals surface area contributed by atoms with Gasteiger partial charge < -0.3 is 25.4 Å². The van der Waals surface area contributed by atoms with Crippen LogP contribution in [0.3, 0.4) is 0 Å². The zero-order valence-corrected chi connectivity index (χ0v) is 16.9. The lowest BCUT2D eigenvalue weighted by atomic mass is 10.2. The van der Waals surface area contributed by atoms with Crippen LogP contribution in [0.4, 0.5) is 0 Å². The van der Waals surface area contributed by atoms with Crippen LogP contribution in [0.25, 0.3) is 0 Å². The maximum atomic E-state index is 12.2. The molecule has 0 unspecified atom stereocenters. The number of para-hydroxylation sites is 1. The molecule has 3 N–H and O–H groups in total. The Morgan fingerprint density at radius 1 is 1.10 bits per heavy atom. The van der Waals surface area contributed by atoms with Crippen LogP contribution in [-0.4, -0.2) is 45.7 Å². The van der Waals surface area contributed by atoms with Gasteiger partial charge in [0.15, 0.2) is 5.96 Å². The summed E-state index contributed by atoms with van der Waals surface area (Å²) in [6.45, 7) is 5.67. The number of ether oxygens (including phenoxy) is 2. The highest BCUT2D eigenvalue weighted by atomic mass is 16.5. The van der Waals surface area contributed by atoms with Crippen LogP contribution >= 0.6 is 0 Å². The zero-order chi connectivity index (χ0) is 20.9. The number of amides is 1. The fourth-order valence-electron chi connectivity index (χ4n) is 2.56. The molecule has 7 heteroatoms. The van der Waals surface area contributed by atoms with E-state index >= 15 is 0 Å². The lowest BCUT2D eigenvalue weighted by Crippen LogP contribution is -2.41. The minimum Gasteiger partial charge on any atom is -0.497 e. The molecule has 0 aliphatic heterocycles. The van der Waals surface area contributed by atoms with Crippen molar-refractivity contribution < 1.29 is 14.3 Å². The number of methoxy groups -OCH3 is 1. The predicted octanol–water partition coefficient (Wildman–Crippen LogP) is 2.35. The smallest absolute Gasteiger partial charge is 0.251 e. The van der Waals surface area contributed by atoms with Gasteiger partial charge in [-0.3, -0.25) is 9.79 Å². The first-order valence-electron chi connectivity index (χ1n) is 9.36. The van der Waals surface area contributed by atoms with Gasteiger partial charge in [0, 0.05) is 37.8 Å². The second-order valence-electron chi connectivity index (χ2n) is 6.05. The van der Waals surface area contributed by atoms with E-state index in [0.717, 1.165) is 11.3 Å². The summed E-state index contributed by atoms with van der Waals surface area (Å²) in [4.78, 5) is 16.4. The van der Waals surface area contributed by atoms with E-state index in [2.05, 4.69) is 27.5 Å². The highest BCUT2D eigenvalue weighted by Crippen LogP contribution is 2.17. The maximum absolute atomic E-state index is 12.2. The highest BCUT2D eigenvalue weighted by molar-refractivity contribution is 5.94. The van der Waals surface area contributed by atoms with Crippen molar-refractivity contribution in [1.82, 2.24) is 16.0 Å². The van der Waals surface area contributed by atoms with Gasteiger partial charge in [0.05, 0.1) is 7.11 Å². The van der Waals surface area contributed by atoms with Crippen LogP contribution in [0.15, 0.2) is 66.2 Å². The fraction of sp³-hybridized carbons (Fsp3) is 0.273. The van der Waals surface area contributed by atoms with Gasteiger partial charge in [-0.2, -0.15) is 0 Å². The molecule has 0 radical (unpaired) electrons. The Bertz CT molecular complexity index is 836. The van der Waals surface area contributed by atoms with E-state index in [1.165, 1.54) is 0 Å². The summed E-state index contributed by atoms with van der Waals surface area (Å²) >= 11 is 0. The monoisotopic (exact) mass is 396 g/mol. The second-order valence-corrected chi connectivity index (χ2v) is 6.05. The van der Waals surface area contributed by atoms with Gasteiger partial charge in [0.1, 0.15) is 18.1 Å². The van der Waals surface area contributed by atoms with E-state index < -0.39 is 0 Å². The van der Waals surface area contributed by atoms with Gasteiger partial charge in [-0.25, -0.2) is 0 Å². The van der Waals surface area contributed by atoms with Crippen LogP contribution in [0, 0.1) is 0 Å². The van der Waals surface area contributed by atoms with Crippen LogP contribution in [0.2, 0.25) is 0 Å². The van der Waals surface area contributed by atoms with Gasteiger partial charge >= 0.3 is 0 Å². The number of benzene rings is 2.